The number of nitrogens with zero attached hydrogens (tertiary/aromatic N) is 3. The first kappa shape index (κ1) is 22.1. The molecule has 30 heavy (non-hydrogen) atoms. The second-order valence-electron chi connectivity index (χ2n) is 8.02. The van der Waals surface area contributed by atoms with E-state index in [0.717, 1.165) is 31.7 Å². The molecule has 1 saturated carbocycles. The molecule has 1 fully saturated rings. The Bertz CT molecular complexity index is 918. The molecule has 0 unspecified atom stereocenters. The van der Waals surface area contributed by atoms with Gasteiger partial charge in [0.05, 0.1) is 11.9 Å². The zero-order chi connectivity index (χ0) is 22.0. The summed E-state index contributed by atoms with van der Waals surface area (Å²) >= 11 is 5.94. The van der Waals surface area contributed by atoms with Gasteiger partial charge in [-0.05, 0) is 63.6 Å². The lowest BCUT2D eigenvalue weighted by Crippen LogP contribution is -2.42. The number of ether oxygens (including phenoxy) is 1. The van der Waals surface area contributed by atoms with Crippen molar-refractivity contribution in [1.82, 2.24) is 9.78 Å². The molecular weight excluding hydrogens is 413 g/mol. The largest absolute Gasteiger partial charge is 0.511 e. The predicted molar refractivity (Wildman–Crippen MR) is 111 cm³/mol. The minimum Gasteiger partial charge on any atom is -0.449 e. The van der Waals surface area contributed by atoms with Crippen LogP contribution in [0.2, 0.25) is 5.02 Å². The second-order valence-corrected chi connectivity index (χ2v) is 8.45. The van der Waals surface area contributed by atoms with Crippen molar-refractivity contribution in [3.63, 3.8) is 0 Å². The Balaban J connectivity index is 2.02. The number of benzene rings is 1. The third kappa shape index (κ3) is 4.92. The van der Waals surface area contributed by atoms with E-state index in [1.807, 2.05) is 13.8 Å². The summed E-state index contributed by atoms with van der Waals surface area (Å²) in [6.45, 7) is 5.82. The standard InChI is InChI=1S/C21H25ClFN3O4/c1-12(2)26(20(27)14-6-4-13(3)5-7-14)19-18(30-21(28)29)11-25(24-19)17-9-15(22)8-16(23)10-17/h8-14H,4-7H2,1-3H3,(H,28,29). The van der Waals surface area contributed by atoms with Crippen LogP contribution in [0.15, 0.2) is 24.4 Å². The minimum atomic E-state index is -1.53. The van der Waals surface area contributed by atoms with Crippen LogP contribution in [-0.2, 0) is 4.79 Å². The molecule has 1 amide bonds. The van der Waals surface area contributed by atoms with Crippen LogP contribution in [0.3, 0.4) is 0 Å². The van der Waals surface area contributed by atoms with Crippen LogP contribution in [-0.4, -0.2) is 33.0 Å². The van der Waals surface area contributed by atoms with E-state index in [0.29, 0.717) is 5.92 Å². The Morgan fingerprint density at radius 2 is 1.93 bits per heavy atom. The van der Waals surface area contributed by atoms with E-state index < -0.39 is 12.0 Å². The van der Waals surface area contributed by atoms with Crippen LogP contribution < -0.4 is 9.64 Å². The molecule has 1 aliphatic rings. The van der Waals surface area contributed by atoms with Crippen LogP contribution in [0, 0.1) is 17.7 Å². The number of rotatable bonds is 5. The summed E-state index contributed by atoms with van der Waals surface area (Å²) in [5.74, 6) is -0.275. The molecule has 1 aliphatic carbocycles. The van der Waals surface area contributed by atoms with Gasteiger partial charge in [-0.2, -0.15) is 0 Å². The Kier molecular flexibility index (Phi) is 6.65. The number of hydrogen-bond acceptors (Lipinski definition) is 4. The van der Waals surface area contributed by atoms with Crippen LogP contribution >= 0.6 is 11.6 Å². The summed E-state index contributed by atoms with van der Waals surface area (Å²) in [5, 5.41) is 13.7. The van der Waals surface area contributed by atoms with Crippen molar-refractivity contribution in [3.8, 4) is 11.4 Å². The molecule has 0 radical (unpaired) electrons. The fourth-order valence-electron chi connectivity index (χ4n) is 3.79. The molecule has 2 aromatic rings. The Labute approximate surface area is 179 Å². The fourth-order valence-corrected chi connectivity index (χ4v) is 4.01. The molecule has 3 rings (SSSR count). The molecule has 0 aliphatic heterocycles. The minimum absolute atomic E-state index is 0.0800. The smallest absolute Gasteiger partial charge is 0.449 e. The highest BCUT2D eigenvalue weighted by Crippen LogP contribution is 2.35. The molecule has 7 nitrogen and oxygen atoms in total. The van der Waals surface area contributed by atoms with Gasteiger partial charge in [-0.15, -0.1) is 5.10 Å². The van der Waals surface area contributed by atoms with Gasteiger partial charge < -0.3 is 9.84 Å². The maximum atomic E-state index is 13.8. The molecule has 1 N–H and O–H groups in total. The van der Waals surface area contributed by atoms with Crippen molar-refractivity contribution in [2.75, 3.05) is 4.90 Å². The zero-order valence-electron chi connectivity index (χ0n) is 17.1. The number of aromatic nitrogens is 2. The maximum Gasteiger partial charge on any atom is 0.511 e. The first-order valence-electron chi connectivity index (χ1n) is 9.95. The summed E-state index contributed by atoms with van der Waals surface area (Å²) < 4.78 is 20.0. The number of anilines is 1. The maximum absolute atomic E-state index is 13.8. The van der Waals surface area contributed by atoms with Gasteiger partial charge in [0, 0.05) is 17.0 Å². The van der Waals surface area contributed by atoms with Crippen LogP contribution in [0.1, 0.15) is 46.5 Å². The van der Waals surface area contributed by atoms with E-state index in [1.54, 1.807) is 0 Å². The molecular formula is C21H25ClFN3O4. The van der Waals surface area contributed by atoms with E-state index in [2.05, 4.69) is 12.0 Å². The van der Waals surface area contributed by atoms with Gasteiger partial charge >= 0.3 is 6.16 Å². The molecule has 1 aromatic heterocycles. The van der Waals surface area contributed by atoms with Crippen LogP contribution in [0.25, 0.3) is 5.69 Å². The molecule has 0 saturated heterocycles. The van der Waals surface area contributed by atoms with Crippen LogP contribution in [0.4, 0.5) is 15.0 Å². The van der Waals surface area contributed by atoms with Gasteiger partial charge in [0.1, 0.15) is 5.82 Å². The van der Waals surface area contributed by atoms with Crippen molar-refractivity contribution in [3.05, 3.63) is 35.2 Å². The molecule has 162 valence electrons. The average Bonchev–Trinajstić information content (AvgIpc) is 3.04. The summed E-state index contributed by atoms with van der Waals surface area (Å²) in [6.07, 6.45) is 3.27. The van der Waals surface area contributed by atoms with Gasteiger partial charge in [-0.1, -0.05) is 18.5 Å². The first-order chi connectivity index (χ1) is 14.2. The lowest BCUT2D eigenvalue weighted by atomic mass is 9.82. The lowest BCUT2D eigenvalue weighted by molar-refractivity contribution is -0.124. The van der Waals surface area contributed by atoms with E-state index in [-0.39, 0.29) is 40.1 Å². The van der Waals surface area contributed by atoms with Crippen molar-refractivity contribution in [2.45, 2.75) is 52.5 Å². The topological polar surface area (TPSA) is 84.7 Å². The summed E-state index contributed by atoms with van der Waals surface area (Å²) in [4.78, 5) is 26.0. The molecule has 9 heteroatoms. The highest BCUT2D eigenvalue weighted by Gasteiger charge is 2.34. The zero-order valence-corrected chi connectivity index (χ0v) is 17.9. The third-order valence-electron chi connectivity index (χ3n) is 5.32. The van der Waals surface area contributed by atoms with Gasteiger partial charge in [0.25, 0.3) is 0 Å². The molecule has 1 aromatic carbocycles. The molecule has 1 heterocycles. The number of carbonyl (C=O) groups excluding carboxylic acids is 1. The van der Waals surface area contributed by atoms with Crippen molar-refractivity contribution in [1.29, 1.82) is 0 Å². The van der Waals surface area contributed by atoms with Gasteiger partial charge in [-0.25, -0.2) is 13.9 Å². The van der Waals surface area contributed by atoms with E-state index >= 15 is 0 Å². The monoisotopic (exact) mass is 437 g/mol. The normalized spacial score (nSPS) is 19.0. The lowest BCUT2D eigenvalue weighted by Gasteiger charge is -2.32. The quantitative estimate of drug-likeness (QED) is 0.642. The highest BCUT2D eigenvalue weighted by molar-refractivity contribution is 6.30. The number of hydrogen-bond donors (Lipinski definition) is 1. The third-order valence-corrected chi connectivity index (χ3v) is 5.54. The Morgan fingerprint density at radius 1 is 1.27 bits per heavy atom. The first-order valence-corrected chi connectivity index (χ1v) is 10.3. The molecule has 0 atom stereocenters. The Hall–Kier alpha value is -2.61. The summed E-state index contributed by atoms with van der Waals surface area (Å²) in [6, 6.07) is 3.55. The molecule has 0 spiro atoms. The number of halogens is 2. The van der Waals surface area contributed by atoms with Crippen molar-refractivity contribution in [2.24, 2.45) is 11.8 Å². The number of carbonyl (C=O) groups is 2. The van der Waals surface area contributed by atoms with Crippen LogP contribution in [0.5, 0.6) is 5.75 Å². The van der Waals surface area contributed by atoms with Gasteiger partial charge in [0.2, 0.25) is 11.7 Å². The van der Waals surface area contributed by atoms with E-state index in [1.165, 1.54) is 27.9 Å². The van der Waals surface area contributed by atoms with E-state index in [9.17, 15) is 14.0 Å². The van der Waals surface area contributed by atoms with Gasteiger partial charge in [0.15, 0.2) is 5.75 Å². The number of carboxylic acid groups (broad SMARTS) is 1. The summed E-state index contributed by atoms with van der Waals surface area (Å²) in [5.41, 5.74) is 0.282. The number of amides is 1. The van der Waals surface area contributed by atoms with Crippen molar-refractivity contribution < 1.29 is 23.8 Å². The van der Waals surface area contributed by atoms with Crippen molar-refractivity contribution >= 4 is 29.5 Å². The second kappa shape index (κ2) is 9.04. The highest BCUT2D eigenvalue weighted by atomic mass is 35.5. The van der Waals surface area contributed by atoms with E-state index in [4.69, 9.17) is 21.4 Å². The fraction of sp³-hybridized carbons (Fsp3) is 0.476. The average molecular weight is 438 g/mol. The Morgan fingerprint density at radius 3 is 2.50 bits per heavy atom. The summed E-state index contributed by atoms with van der Waals surface area (Å²) in [7, 11) is 0. The predicted octanol–water partition coefficient (Wildman–Crippen LogP) is 5.29. The SMILES string of the molecule is CC1CCC(C(=O)N(c2nn(-c3cc(F)cc(Cl)c3)cc2OC(=O)O)C(C)C)CC1. The van der Waals surface area contributed by atoms with Gasteiger partial charge in [-0.3, -0.25) is 9.69 Å². The molecule has 0 bridgehead atoms.